The summed E-state index contributed by atoms with van der Waals surface area (Å²) in [7, 11) is 0. The Morgan fingerprint density at radius 3 is 2.61 bits per heavy atom. The second-order valence-corrected chi connectivity index (χ2v) is 5.24. The normalized spacial score (nSPS) is 10.5. The van der Waals surface area contributed by atoms with Crippen LogP contribution in [-0.4, -0.2) is 26.3 Å². The van der Waals surface area contributed by atoms with E-state index in [2.05, 4.69) is 11.2 Å². The third-order valence-corrected chi connectivity index (χ3v) is 4.01. The molecule has 93 valence electrons. The van der Waals surface area contributed by atoms with Crippen molar-refractivity contribution in [2.24, 2.45) is 0 Å². The summed E-state index contributed by atoms with van der Waals surface area (Å²) in [5.41, 5.74) is 0.400. The summed E-state index contributed by atoms with van der Waals surface area (Å²) in [6.07, 6.45) is 3.58. The first kappa shape index (κ1) is 12.7. The van der Waals surface area contributed by atoms with Gasteiger partial charge in [-0.3, -0.25) is 0 Å². The highest BCUT2D eigenvalue weighted by Gasteiger charge is 2.19. The molecule has 0 fully saturated rings. The van der Waals surface area contributed by atoms with Gasteiger partial charge in [0, 0.05) is 6.26 Å². The first-order chi connectivity index (χ1) is 8.52. The molecule has 1 aromatic carbocycles. The quantitative estimate of drug-likeness (QED) is 0.592. The highest BCUT2D eigenvalue weighted by atomic mass is 32.2. The zero-order valence-corrected chi connectivity index (χ0v) is 10.6. The fourth-order valence-corrected chi connectivity index (χ4v) is 2.80. The number of phenols is 2. The van der Waals surface area contributed by atoms with E-state index in [4.69, 9.17) is 5.11 Å². The number of aromatic hydroxyl groups is 2. The summed E-state index contributed by atoms with van der Waals surface area (Å²) >= 11 is 2.28. The van der Waals surface area contributed by atoms with E-state index in [-0.39, 0.29) is 17.2 Å². The first-order valence-electron chi connectivity index (χ1n) is 4.71. The monoisotopic (exact) mass is 282 g/mol. The van der Waals surface area contributed by atoms with Crippen molar-refractivity contribution < 1.29 is 20.1 Å². The average molecular weight is 282 g/mol. The summed E-state index contributed by atoms with van der Waals surface area (Å²) in [6.45, 7) is 0. The summed E-state index contributed by atoms with van der Waals surface area (Å²) in [6, 6.07) is 4.12. The maximum absolute atomic E-state index is 11.1. The molecule has 1 heterocycles. The fourth-order valence-electron chi connectivity index (χ4n) is 1.37. The fraction of sp³-hybridized carbons (Fsp3) is 0. The van der Waals surface area contributed by atoms with Crippen molar-refractivity contribution in [3.63, 3.8) is 0 Å². The molecule has 7 heteroatoms. The third kappa shape index (κ3) is 2.27. The molecule has 18 heavy (non-hydrogen) atoms. The van der Waals surface area contributed by atoms with E-state index < -0.39 is 5.97 Å². The Balaban J connectivity index is 2.58. The van der Waals surface area contributed by atoms with Gasteiger partial charge >= 0.3 is 5.97 Å². The molecule has 0 saturated carbocycles. The summed E-state index contributed by atoms with van der Waals surface area (Å²) in [5, 5.41) is 27.7. The number of hydrogen-bond donors (Lipinski definition) is 3. The van der Waals surface area contributed by atoms with Gasteiger partial charge in [-0.05, 0) is 23.8 Å². The van der Waals surface area contributed by atoms with Gasteiger partial charge in [0.25, 0.3) is 0 Å². The van der Waals surface area contributed by atoms with Crippen LogP contribution in [0.5, 0.6) is 11.5 Å². The van der Waals surface area contributed by atoms with E-state index >= 15 is 0 Å². The van der Waals surface area contributed by atoms with Crippen LogP contribution in [0, 0.1) is 6.26 Å². The topological polar surface area (TPSA) is 90.7 Å². The van der Waals surface area contributed by atoms with Gasteiger partial charge in [0.1, 0.15) is 0 Å². The number of thioether (sulfide) groups is 1. The molecule has 2 aromatic rings. The Labute approximate surface area is 111 Å². The van der Waals surface area contributed by atoms with Crippen LogP contribution in [0.25, 0.3) is 10.4 Å². The summed E-state index contributed by atoms with van der Waals surface area (Å²) < 4.78 is 0.523. The van der Waals surface area contributed by atoms with Crippen molar-refractivity contribution in [2.75, 3.05) is 0 Å². The number of phenolic OH excluding ortho intramolecular Hbond substituents is 2. The van der Waals surface area contributed by atoms with Gasteiger partial charge in [0.15, 0.2) is 21.5 Å². The minimum absolute atomic E-state index is 0.0868. The maximum Gasteiger partial charge on any atom is 0.356 e. The van der Waals surface area contributed by atoms with Gasteiger partial charge in [-0.25, -0.2) is 9.78 Å². The van der Waals surface area contributed by atoms with Crippen molar-refractivity contribution >= 4 is 29.1 Å². The van der Waals surface area contributed by atoms with Crippen LogP contribution in [0.4, 0.5) is 0 Å². The highest BCUT2D eigenvalue weighted by Crippen LogP contribution is 2.38. The lowest BCUT2D eigenvalue weighted by atomic mass is 10.1. The van der Waals surface area contributed by atoms with Crippen LogP contribution >= 0.6 is 23.1 Å². The van der Waals surface area contributed by atoms with Crippen LogP contribution in [0.15, 0.2) is 22.5 Å². The highest BCUT2D eigenvalue weighted by molar-refractivity contribution is 8.02. The molecule has 1 aromatic heterocycles. The minimum Gasteiger partial charge on any atom is -0.504 e. The molecule has 0 unspecified atom stereocenters. The number of nitrogens with zero attached hydrogens (tertiary/aromatic N) is 1. The molecule has 0 bridgehead atoms. The van der Waals surface area contributed by atoms with Crippen molar-refractivity contribution in [2.45, 2.75) is 4.34 Å². The third-order valence-electron chi connectivity index (χ3n) is 2.17. The number of benzene rings is 1. The standard InChI is InChI=1S/C11H8NO4S2/c1-17-11-12-8(10(15)16)9(18-11)5-2-3-6(13)7(14)4-5/h2-4,13-14H,1H2,(H,15,16). The average Bonchev–Trinajstić information content (AvgIpc) is 2.77. The van der Waals surface area contributed by atoms with Gasteiger partial charge in [-0.2, -0.15) is 0 Å². The van der Waals surface area contributed by atoms with Crippen LogP contribution in [0.2, 0.25) is 0 Å². The van der Waals surface area contributed by atoms with Crippen molar-refractivity contribution in [1.29, 1.82) is 0 Å². The number of carbonyl (C=O) groups is 1. The zero-order chi connectivity index (χ0) is 13.3. The number of rotatable bonds is 3. The Hall–Kier alpha value is -1.73. The van der Waals surface area contributed by atoms with Crippen LogP contribution in [0.3, 0.4) is 0 Å². The van der Waals surface area contributed by atoms with Crippen molar-refractivity contribution in [1.82, 2.24) is 4.98 Å². The van der Waals surface area contributed by atoms with Crippen LogP contribution in [-0.2, 0) is 0 Å². The lowest BCUT2D eigenvalue weighted by Crippen LogP contribution is -1.98. The van der Waals surface area contributed by atoms with E-state index in [0.29, 0.717) is 14.8 Å². The molecule has 0 atom stereocenters. The van der Waals surface area contributed by atoms with Crippen molar-refractivity contribution in [3.05, 3.63) is 30.1 Å². The summed E-state index contributed by atoms with van der Waals surface area (Å²) in [4.78, 5) is 15.4. The molecule has 2 rings (SSSR count). The molecule has 0 spiro atoms. The molecule has 0 aliphatic carbocycles. The van der Waals surface area contributed by atoms with Gasteiger partial charge in [-0.15, -0.1) is 11.3 Å². The smallest absolute Gasteiger partial charge is 0.356 e. The number of aromatic nitrogens is 1. The molecule has 0 amide bonds. The molecule has 0 aliphatic rings. The Kier molecular flexibility index (Phi) is 3.44. The molecule has 0 saturated heterocycles. The zero-order valence-electron chi connectivity index (χ0n) is 8.95. The van der Waals surface area contributed by atoms with E-state index in [9.17, 15) is 15.0 Å². The largest absolute Gasteiger partial charge is 0.504 e. The van der Waals surface area contributed by atoms with Gasteiger partial charge in [0.2, 0.25) is 0 Å². The maximum atomic E-state index is 11.1. The number of carboxylic acids is 1. The van der Waals surface area contributed by atoms with Crippen molar-refractivity contribution in [3.8, 4) is 21.9 Å². The van der Waals surface area contributed by atoms with Gasteiger partial charge < -0.3 is 15.3 Å². The second kappa shape index (κ2) is 4.87. The lowest BCUT2D eigenvalue weighted by molar-refractivity contribution is 0.0691. The molecule has 1 radical (unpaired) electrons. The number of carboxylic acid groups (broad SMARTS) is 1. The molecular formula is C11H8NO4S2. The molecule has 3 N–H and O–H groups in total. The molecule has 5 nitrogen and oxygen atoms in total. The SMILES string of the molecule is [CH2]Sc1nc(C(=O)O)c(-c2ccc(O)c(O)c2)s1. The first-order valence-corrected chi connectivity index (χ1v) is 6.51. The molecule has 0 aliphatic heterocycles. The Morgan fingerprint density at radius 2 is 2.06 bits per heavy atom. The van der Waals surface area contributed by atoms with E-state index in [1.165, 1.54) is 29.5 Å². The predicted octanol–water partition coefficient (Wildman–Crippen LogP) is 2.80. The number of aromatic carboxylic acids is 1. The molecular weight excluding hydrogens is 274 g/mol. The summed E-state index contributed by atoms with van der Waals surface area (Å²) in [5.74, 6) is -1.71. The van der Waals surface area contributed by atoms with E-state index in [1.54, 1.807) is 0 Å². The van der Waals surface area contributed by atoms with Gasteiger partial charge in [-0.1, -0.05) is 11.8 Å². The predicted molar refractivity (Wildman–Crippen MR) is 69.1 cm³/mol. The van der Waals surface area contributed by atoms with E-state index in [1.807, 2.05) is 0 Å². The Morgan fingerprint density at radius 1 is 1.33 bits per heavy atom. The lowest BCUT2D eigenvalue weighted by Gasteiger charge is -2.01. The minimum atomic E-state index is -1.14. The van der Waals surface area contributed by atoms with E-state index in [0.717, 1.165) is 11.8 Å². The van der Waals surface area contributed by atoms with Gasteiger partial charge in [0.05, 0.1) is 4.88 Å². The number of thiazole rings is 1. The number of hydrogen-bond acceptors (Lipinski definition) is 6. The van der Waals surface area contributed by atoms with Crippen LogP contribution in [0.1, 0.15) is 10.5 Å². The van der Waals surface area contributed by atoms with Crippen LogP contribution < -0.4 is 0 Å². The Bertz CT molecular complexity index is 609. The second-order valence-electron chi connectivity index (χ2n) is 3.31.